The standard InChI is InChI=1S/C14H19BrN2O3S/c1-11-5-6-13(12(15)10-11)21(19,20)16-7-3-9-17-8-2-4-14(17)18/h5-6,10,16H,2-4,7-9H2,1H3. The third-order valence-electron chi connectivity index (χ3n) is 3.45. The first-order chi connectivity index (χ1) is 9.90. The molecule has 7 heteroatoms. The highest BCUT2D eigenvalue weighted by atomic mass is 79.9. The van der Waals surface area contributed by atoms with Crippen molar-refractivity contribution in [2.24, 2.45) is 0 Å². The van der Waals surface area contributed by atoms with Crippen molar-refractivity contribution >= 4 is 31.9 Å². The quantitative estimate of drug-likeness (QED) is 0.774. The van der Waals surface area contributed by atoms with E-state index in [2.05, 4.69) is 20.7 Å². The van der Waals surface area contributed by atoms with Crippen LogP contribution < -0.4 is 4.72 Å². The number of likely N-dealkylation sites (tertiary alicyclic amines) is 1. The van der Waals surface area contributed by atoms with Crippen LogP contribution in [0.15, 0.2) is 27.6 Å². The van der Waals surface area contributed by atoms with Crippen molar-refractivity contribution in [3.63, 3.8) is 0 Å². The second-order valence-corrected chi connectivity index (χ2v) is 7.76. The van der Waals surface area contributed by atoms with Gasteiger partial charge in [0.25, 0.3) is 0 Å². The molecular formula is C14H19BrN2O3S. The smallest absolute Gasteiger partial charge is 0.241 e. The first kappa shape index (κ1) is 16.5. The lowest BCUT2D eigenvalue weighted by Crippen LogP contribution is -2.30. The van der Waals surface area contributed by atoms with Gasteiger partial charge in [-0.2, -0.15) is 0 Å². The number of benzene rings is 1. The van der Waals surface area contributed by atoms with Crippen LogP contribution in [0.3, 0.4) is 0 Å². The van der Waals surface area contributed by atoms with Crippen LogP contribution in [0.25, 0.3) is 0 Å². The van der Waals surface area contributed by atoms with Crippen molar-refractivity contribution in [2.75, 3.05) is 19.6 Å². The maximum Gasteiger partial charge on any atom is 0.241 e. The lowest BCUT2D eigenvalue weighted by molar-refractivity contribution is -0.127. The van der Waals surface area contributed by atoms with Crippen molar-refractivity contribution in [1.29, 1.82) is 0 Å². The monoisotopic (exact) mass is 374 g/mol. The molecule has 1 saturated heterocycles. The largest absolute Gasteiger partial charge is 0.343 e. The number of aryl methyl sites for hydroxylation is 1. The van der Waals surface area contributed by atoms with E-state index < -0.39 is 10.0 Å². The lowest BCUT2D eigenvalue weighted by atomic mass is 10.2. The van der Waals surface area contributed by atoms with E-state index in [4.69, 9.17) is 0 Å². The molecule has 1 heterocycles. The number of carbonyl (C=O) groups is 1. The molecule has 2 rings (SSSR count). The second kappa shape index (κ2) is 6.89. The first-order valence-electron chi connectivity index (χ1n) is 6.94. The number of sulfonamides is 1. The van der Waals surface area contributed by atoms with Crippen LogP contribution in [0.2, 0.25) is 0 Å². The lowest BCUT2D eigenvalue weighted by Gasteiger charge is -2.15. The van der Waals surface area contributed by atoms with E-state index in [0.717, 1.165) is 18.5 Å². The Morgan fingerprint density at radius 2 is 2.14 bits per heavy atom. The van der Waals surface area contributed by atoms with Crippen LogP contribution in [0.1, 0.15) is 24.8 Å². The highest BCUT2D eigenvalue weighted by Gasteiger charge is 2.20. The molecule has 21 heavy (non-hydrogen) atoms. The van der Waals surface area contributed by atoms with Gasteiger partial charge in [-0.15, -0.1) is 0 Å². The first-order valence-corrected chi connectivity index (χ1v) is 9.21. The molecule has 1 aromatic rings. The molecule has 0 aromatic heterocycles. The zero-order valence-corrected chi connectivity index (χ0v) is 14.3. The third-order valence-corrected chi connectivity index (χ3v) is 5.88. The van der Waals surface area contributed by atoms with Crippen molar-refractivity contribution in [1.82, 2.24) is 9.62 Å². The van der Waals surface area contributed by atoms with Crippen molar-refractivity contribution < 1.29 is 13.2 Å². The van der Waals surface area contributed by atoms with Gasteiger partial charge in [0.05, 0.1) is 4.90 Å². The number of nitrogens with one attached hydrogen (secondary N) is 1. The fourth-order valence-corrected chi connectivity index (χ4v) is 4.58. The Hall–Kier alpha value is -0.920. The van der Waals surface area contributed by atoms with Crippen LogP contribution in [-0.2, 0) is 14.8 Å². The van der Waals surface area contributed by atoms with Gasteiger partial charge in [-0.25, -0.2) is 13.1 Å². The fourth-order valence-electron chi connectivity index (χ4n) is 2.32. The summed E-state index contributed by atoms with van der Waals surface area (Å²) in [6, 6.07) is 5.13. The molecular weight excluding hydrogens is 356 g/mol. The Morgan fingerprint density at radius 1 is 1.38 bits per heavy atom. The summed E-state index contributed by atoms with van der Waals surface area (Å²) in [7, 11) is -3.52. The van der Waals surface area contributed by atoms with E-state index in [1.54, 1.807) is 23.1 Å². The molecule has 0 unspecified atom stereocenters. The van der Waals surface area contributed by atoms with Gasteiger partial charge in [0.1, 0.15) is 0 Å². The SMILES string of the molecule is Cc1ccc(S(=O)(=O)NCCCN2CCCC2=O)c(Br)c1. The third kappa shape index (κ3) is 4.28. The zero-order chi connectivity index (χ0) is 15.5. The summed E-state index contributed by atoms with van der Waals surface area (Å²) in [6.45, 7) is 3.62. The number of hydrogen-bond acceptors (Lipinski definition) is 3. The minimum atomic E-state index is -3.52. The van der Waals surface area contributed by atoms with E-state index >= 15 is 0 Å². The number of nitrogens with zero attached hydrogens (tertiary/aromatic N) is 1. The summed E-state index contributed by atoms with van der Waals surface area (Å²) < 4.78 is 27.5. The van der Waals surface area contributed by atoms with Gasteiger partial charge in [0.2, 0.25) is 15.9 Å². The van der Waals surface area contributed by atoms with E-state index in [1.165, 1.54) is 0 Å². The summed E-state index contributed by atoms with van der Waals surface area (Å²) in [5, 5.41) is 0. The molecule has 0 atom stereocenters. The number of halogens is 1. The molecule has 0 radical (unpaired) electrons. The Bertz CT molecular complexity index is 631. The minimum Gasteiger partial charge on any atom is -0.343 e. The van der Waals surface area contributed by atoms with Crippen LogP contribution >= 0.6 is 15.9 Å². The van der Waals surface area contributed by atoms with E-state index in [0.29, 0.717) is 30.4 Å². The molecule has 5 nitrogen and oxygen atoms in total. The highest BCUT2D eigenvalue weighted by molar-refractivity contribution is 9.10. The number of rotatable bonds is 6. The summed E-state index contributed by atoms with van der Waals surface area (Å²) in [6.07, 6.45) is 2.14. The van der Waals surface area contributed by atoms with Gasteiger partial charge >= 0.3 is 0 Å². The van der Waals surface area contributed by atoms with Crippen molar-refractivity contribution in [2.45, 2.75) is 31.1 Å². The maximum absolute atomic E-state index is 12.2. The molecule has 1 N–H and O–H groups in total. The fraction of sp³-hybridized carbons (Fsp3) is 0.500. The van der Waals surface area contributed by atoms with Gasteiger partial charge in [-0.05, 0) is 53.4 Å². The average Bonchev–Trinajstić information content (AvgIpc) is 2.80. The molecule has 0 aliphatic carbocycles. The Kier molecular flexibility index (Phi) is 5.40. The van der Waals surface area contributed by atoms with Crippen LogP contribution in [0, 0.1) is 6.92 Å². The zero-order valence-electron chi connectivity index (χ0n) is 11.9. The number of carbonyl (C=O) groups excluding carboxylic acids is 1. The van der Waals surface area contributed by atoms with Crippen LogP contribution in [0.5, 0.6) is 0 Å². The van der Waals surface area contributed by atoms with Crippen LogP contribution in [-0.4, -0.2) is 38.9 Å². The molecule has 0 bridgehead atoms. The Labute approximate surface area is 133 Å². The summed E-state index contributed by atoms with van der Waals surface area (Å²) in [5.74, 6) is 0.166. The average molecular weight is 375 g/mol. The van der Waals surface area contributed by atoms with Crippen LogP contribution in [0.4, 0.5) is 0 Å². The molecule has 1 amide bonds. The van der Waals surface area contributed by atoms with Gasteiger partial charge in [-0.1, -0.05) is 6.07 Å². The summed E-state index contributed by atoms with van der Waals surface area (Å²) in [5.41, 5.74) is 0.994. The molecule has 1 aliphatic rings. The topological polar surface area (TPSA) is 66.5 Å². The van der Waals surface area contributed by atoms with Crippen molar-refractivity contribution in [3.8, 4) is 0 Å². The molecule has 116 valence electrons. The van der Waals surface area contributed by atoms with E-state index in [-0.39, 0.29) is 10.8 Å². The normalized spacial score (nSPS) is 15.7. The maximum atomic E-state index is 12.2. The van der Waals surface area contributed by atoms with Crippen molar-refractivity contribution in [3.05, 3.63) is 28.2 Å². The van der Waals surface area contributed by atoms with E-state index in [9.17, 15) is 13.2 Å². The van der Waals surface area contributed by atoms with E-state index in [1.807, 2.05) is 6.92 Å². The molecule has 0 saturated carbocycles. The second-order valence-electron chi connectivity index (χ2n) is 5.17. The number of amides is 1. The minimum absolute atomic E-state index is 0.166. The number of hydrogen-bond donors (Lipinski definition) is 1. The predicted molar refractivity (Wildman–Crippen MR) is 84.5 cm³/mol. The Balaban J connectivity index is 1.88. The molecule has 1 aromatic carbocycles. The van der Waals surface area contributed by atoms with Gasteiger partial charge in [0, 0.05) is 30.5 Å². The molecule has 1 fully saturated rings. The van der Waals surface area contributed by atoms with Gasteiger partial charge in [-0.3, -0.25) is 4.79 Å². The molecule has 0 spiro atoms. The van der Waals surface area contributed by atoms with Gasteiger partial charge in [0.15, 0.2) is 0 Å². The predicted octanol–water partition coefficient (Wildman–Crippen LogP) is 2.05. The Morgan fingerprint density at radius 3 is 2.76 bits per heavy atom. The van der Waals surface area contributed by atoms with Gasteiger partial charge < -0.3 is 4.90 Å². The highest BCUT2D eigenvalue weighted by Crippen LogP contribution is 2.22. The summed E-state index contributed by atoms with van der Waals surface area (Å²) in [4.78, 5) is 13.5. The molecule has 1 aliphatic heterocycles. The summed E-state index contributed by atoms with van der Waals surface area (Å²) >= 11 is 3.28.